The summed E-state index contributed by atoms with van der Waals surface area (Å²) >= 11 is 5.44. The van der Waals surface area contributed by atoms with Crippen LogP contribution < -0.4 is 5.32 Å². The minimum Gasteiger partial charge on any atom is -0.309 e. The molecule has 1 aromatic heterocycles. The fourth-order valence-corrected chi connectivity index (χ4v) is 4.05. The Labute approximate surface area is 111 Å². The molecule has 1 unspecified atom stereocenters. The average Bonchev–Trinajstić information content (AvgIpc) is 2.89. The summed E-state index contributed by atoms with van der Waals surface area (Å²) in [4.78, 5) is 1.42. The molecule has 0 radical (unpaired) electrons. The van der Waals surface area contributed by atoms with Crippen molar-refractivity contribution in [2.45, 2.75) is 45.6 Å². The van der Waals surface area contributed by atoms with Crippen molar-refractivity contribution in [2.75, 3.05) is 6.54 Å². The molecular weight excluding hydrogens is 282 g/mol. The van der Waals surface area contributed by atoms with Gasteiger partial charge in [-0.05, 0) is 59.0 Å². The fraction of sp³-hybridized carbons (Fsp3) is 0.692. The maximum Gasteiger partial charge on any atom is 0.0397 e. The summed E-state index contributed by atoms with van der Waals surface area (Å²) in [6.07, 6.45) is 5.55. The predicted octanol–water partition coefficient (Wildman–Crippen LogP) is 4.74. The zero-order valence-corrected chi connectivity index (χ0v) is 12.5. The Hall–Kier alpha value is 0.140. The molecular formula is C13H20BrNS. The van der Waals surface area contributed by atoms with Gasteiger partial charge in [-0.25, -0.2) is 0 Å². The lowest BCUT2D eigenvalue weighted by Gasteiger charge is -2.19. The van der Waals surface area contributed by atoms with Crippen LogP contribution in [0.25, 0.3) is 0 Å². The summed E-state index contributed by atoms with van der Waals surface area (Å²) in [6.45, 7) is 5.74. The van der Waals surface area contributed by atoms with E-state index in [2.05, 4.69) is 46.5 Å². The number of hydrogen-bond donors (Lipinski definition) is 1. The minimum absolute atomic E-state index is 0.476. The van der Waals surface area contributed by atoms with Crippen molar-refractivity contribution >= 4 is 27.3 Å². The van der Waals surface area contributed by atoms with Crippen LogP contribution in [0.1, 0.15) is 50.4 Å². The smallest absolute Gasteiger partial charge is 0.0397 e. The van der Waals surface area contributed by atoms with Crippen LogP contribution in [0, 0.1) is 5.41 Å². The molecule has 1 fully saturated rings. The molecule has 1 saturated carbocycles. The van der Waals surface area contributed by atoms with Crippen molar-refractivity contribution in [3.05, 3.63) is 20.8 Å². The molecule has 0 saturated heterocycles. The van der Waals surface area contributed by atoms with Gasteiger partial charge in [-0.2, -0.15) is 0 Å². The zero-order valence-electron chi connectivity index (χ0n) is 10.1. The van der Waals surface area contributed by atoms with Gasteiger partial charge in [0, 0.05) is 21.9 Å². The van der Waals surface area contributed by atoms with E-state index in [-0.39, 0.29) is 0 Å². The van der Waals surface area contributed by atoms with Crippen molar-refractivity contribution in [3.8, 4) is 0 Å². The highest BCUT2D eigenvalue weighted by Crippen LogP contribution is 2.49. The first-order valence-electron chi connectivity index (χ1n) is 6.13. The van der Waals surface area contributed by atoms with Gasteiger partial charge in [0.15, 0.2) is 0 Å². The van der Waals surface area contributed by atoms with Crippen molar-refractivity contribution in [2.24, 2.45) is 5.41 Å². The molecule has 0 aromatic carbocycles. The molecule has 90 valence electrons. The topological polar surface area (TPSA) is 12.0 Å². The Bertz CT molecular complexity index is 343. The van der Waals surface area contributed by atoms with E-state index in [1.807, 2.05) is 11.3 Å². The SMILES string of the molecule is CCCC1(CNC(C)c2sccc2Br)CC1. The summed E-state index contributed by atoms with van der Waals surface area (Å²) in [7, 11) is 0. The molecule has 1 aromatic rings. The number of halogens is 1. The summed E-state index contributed by atoms with van der Waals surface area (Å²) in [5.74, 6) is 0. The van der Waals surface area contributed by atoms with E-state index in [0.717, 1.165) is 0 Å². The third-order valence-corrected chi connectivity index (χ3v) is 5.61. The van der Waals surface area contributed by atoms with Gasteiger partial charge >= 0.3 is 0 Å². The van der Waals surface area contributed by atoms with E-state index in [1.165, 1.54) is 41.6 Å². The molecule has 0 bridgehead atoms. The fourth-order valence-electron chi connectivity index (χ4n) is 2.30. The molecule has 1 atom stereocenters. The quantitative estimate of drug-likeness (QED) is 0.800. The first-order valence-corrected chi connectivity index (χ1v) is 7.80. The van der Waals surface area contributed by atoms with Gasteiger partial charge in [-0.15, -0.1) is 11.3 Å². The lowest BCUT2D eigenvalue weighted by atomic mass is 10.0. The van der Waals surface area contributed by atoms with Crippen molar-refractivity contribution in [3.63, 3.8) is 0 Å². The Balaban J connectivity index is 1.84. The van der Waals surface area contributed by atoms with Gasteiger partial charge in [-0.3, -0.25) is 0 Å². The molecule has 1 N–H and O–H groups in total. The van der Waals surface area contributed by atoms with Gasteiger partial charge in [0.05, 0.1) is 0 Å². The number of hydrogen-bond acceptors (Lipinski definition) is 2. The maximum absolute atomic E-state index is 3.69. The lowest BCUT2D eigenvalue weighted by Crippen LogP contribution is -2.26. The van der Waals surface area contributed by atoms with Crippen LogP contribution in [-0.2, 0) is 0 Å². The van der Waals surface area contributed by atoms with Gasteiger partial charge in [0.1, 0.15) is 0 Å². The molecule has 1 aliphatic rings. The maximum atomic E-state index is 3.69. The first-order chi connectivity index (χ1) is 7.67. The Morgan fingerprint density at radius 1 is 1.56 bits per heavy atom. The molecule has 1 nitrogen and oxygen atoms in total. The summed E-state index contributed by atoms with van der Waals surface area (Å²) in [6, 6.07) is 2.61. The van der Waals surface area contributed by atoms with Crippen LogP contribution >= 0.6 is 27.3 Å². The second kappa shape index (κ2) is 5.19. The molecule has 0 aliphatic heterocycles. The van der Waals surface area contributed by atoms with E-state index >= 15 is 0 Å². The number of nitrogens with one attached hydrogen (secondary N) is 1. The first kappa shape index (κ1) is 12.6. The van der Waals surface area contributed by atoms with Gasteiger partial charge in [0.2, 0.25) is 0 Å². The highest BCUT2D eigenvalue weighted by molar-refractivity contribution is 9.10. The van der Waals surface area contributed by atoms with E-state index in [4.69, 9.17) is 0 Å². The normalized spacial score (nSPS) is 19.7. The van der Waals surface area contributed by atoms with Gasteiger partial charge < -0.3 is 5.32 Å². The summed E-state index contributed by atoms with van der Waals surface area (Å²) < 4.78 is 1.25. The zero-order chi connectivity index (χ0) is 11.6. The van der Waals surface area contributed by atoms with Gasteiger partial charge in [0.25, 0.3) is 0 Å². The summed E-state index contributed by atoms with van der Waals surface area (Å²) in [5, 5.41) is 5.84. The number of rotatable bonds is 6. The second-order valence-corrected chi connectivity index (χ2v) is 6.79. The van der Waals surface area contributed by atoms with Crippen LogP contribution in [0.5, 0.6) is 0 Å². The van der Waals surface area contributed by atoms with Crippen LogP contribution in [0.4, 0.5) is 0 Å². The second-order valence-electron chi connectivity index (χ2n) is 4.99. The van der Waals surface area contributed by atoms with E-state index in [9.17, 15) is 0 Å². The Morgan fingerprint density at radius 2 is 2.31 bits per heavy atom. The largest absolute Gasteiger partial charge is 0.309 e. The van der Waals surface area contributed by atoms with E-state index < -0.39 is 0 Å². The highest BCUT2D eigenvalue weighted by Gasteiger charge is 2.41. The van der Waals surface area contributed by atoms with Crippen LogP contribution in [0.2, 0.25) is 0 Å². The minimum atomic E-state index is 0.476. The highest BCUT2D eigenvalue weighted by atomic mass is 79.9. The number of thiophene rings is 1. The molecule has 1 heterocycles. The molecule has 16 heavy (non-hydrogen) atoms. The van der Waals surface area contributed by atoms with Crippen LogP contribution in [0.15, 0.2) is 15.9 Å². The summed E-state index contributed by atoms with van der Waals surface area (Å²) in [5.41, 5.74) is 0.646. The third-order valence-electron chi connectivity index (χ3n) is 3.56. The van der Waals surface area contributed by atoms with Crippen LogP contribution in [-0.4, -0.2) is 6.54 Å². The van der Waals surface area contributed by atoms with E-state index in [0.29, 0.717) is 11.5 Å². The lowest BCUT2D eigenvalue weighted by molar-refractivity contribution is 0.399. The third kappa shape index (κ3) is 2.88. The molecule has 3 heteroatoms. The Kier molecular flexibility index (Phi) is 4.09. The Morgan fingerprint density at radius 3 is 2.81 bits per heavy atom. The predicted molar refractivity (Wildman–Crippen MR) is 75.0 cm³/mol. The van der Waals surface area contributed by atoms with Crippen LogP contribution in [0.3, 0.4) is 0 Å². The van der Waals surface area contributed by atoms with Crippen molar-refractivity contribution in [1.82, 2.24) is 5.32 Å². The van der Waals surface area contributed by atoms with Gasteiger partial charge in [-0.1, -0.05) is 13.3 Å². The average molecular weight is 302 g/mol. The molecule has 0 spiro atoms. The standard InChI is InChI=1S/C13H20BrNS/c1-3-5-13(6-7-13)9-15-10(2)12-11(14)4-8-16-12/h4,8,10,15H,3,5-7,9H2,1-2H3. The van der Waals surface area contributed by atoms with Crippen molar-refractivity contribution < 1.29 is 0 Å². The molecule has 2 rings (SSSR count). The van der Waals surface area contributed by atoms with E-state index in [1.54, 1.807) is 0 Å². The monoisotopic (exact) mass is 301 g/mol. The molecule has 0 amide bonds. The molecule has 1 aliphatic carbocycles. The van der Waals surface area contributed by atoms with Crippen molar-refractivity contribution in [1.29, 1.82) is 0 Å².